The largest absolute Gasteiger partial charge is 0.350 e. The lowest BCUT2D eigenvalue weighted by Crippen LogP contribution is -2.44. The first-order valence-electron chi connectivity index (χ1n) is 3.80. The molecule has 1 aromatic rings. The fourth-order valence-corrected chi connectivity index (χ4v) is 1.73. The number of primary amides is 1. The number of aromatic nitrogens is 1. The van der Waals surface area contributed by atoms with Crippen molar-refractivity contribution in [2.75, 3.05) is 0 Å². The number of carbonyl (C=O) groups excluding carboxylic acids is 2. The van der Waals surface area contributed by atoms with Gasteiger partial charge in [-0.05, 0) is 13.8 Å². The zero-order chi connectivity index (χ0) is 10.7. The van der Waals surface area contributed by atoms with E-state index >= 15 is 0 Å². The molecule has 0 aliphatic heterocycles. The number of hydrazine groups is 1. The van der Waals surface area contributed by atoms with Gasteiger partial charge in [-0.1, -0.05) is 0 Å². The Kier molecular flexibility index (Phi) is 3.03. The first-order valence-corrected chi connectivity index (χ1v) is 4.62. The number of hydrogen-bond acceptors (Lipinski definition) is 4. The Labute approximate surface area is 84.5 Å². The van der Waals surface area contributed by atoms with Crippen LogP contribution in [0.2, 0.25) is 0 Å². The van der Waals surface area contributed by atoms with Gasteiger partial charge in [0.05, 0.1) is 10.7 Å². The van der Waals surface area contributed by atoms with Gasteiger partial charge in [-0.15, -0.1) is 11.3 Å². The Hall–Kier alpha value is -1.63. The highest BCUT2D eigenvalue weighted by atomic mass is 32.1. The lowest BCUT2D eigenvalue weighted by Gasteiger charge is -2.02. The average Bonchev–Trinajstić information content (AvgIpc) is 2.41. The summed E-state index contributed by atoms with van der Waals surface area (Å²) in [5.74, 6) is -0.410. The van der Waals surface area contributed by atoms with E-state index in [-0.39, 0.29) is 0 Å². The molecule has 4 N–H and O–H groups in total. The van der Waals surface area contributed by atoms with Crippen LogP contribution < -0.4 is 16.6 Å². The van der Waals surface area contributed by atoms with E-state index in [0.29, 0.717) is 10.6 Å². The Bertz CT molecular complexity index is 374. The molecule has 7 heteroatoms. The number of amides is 3. The summed E-state index contributed by atoms with van der Waals surface area (Å²) < 4.78 is 0. The molecule has 14 heavy (non-hydrogen) atoms. The van der Waals surface area contributed by atoms with E-state index in [2.05, 4.69) is 10.4 Å². The summed E-state index contributed by atoms with van der Waals surface area (Å²) in [6, 6.07) is -0.808. The van der Waals surface area contributed by atoms with Crippen LogP contribution in [0.25, 0.3) is 0 Å². The molecular weight excluding hydrogens is 204 g/mol. The van der Waals surface area contributed by atoms with Gasteiger partial charge in [-0.2, -0.15) is 0 Å². The van der Waals surface area contributed by atoms with Gasteiger partial charge in [0.1, 0.15) is 4.88 Å². The Morgan fingerprint density at radius 2 is 2.00 bits per heavy atom. The number of rotatable bonds is 1. The number of hydrogen-bond donors (Lipinski definition) is 3. The van der Waals surface area contributed by atoms with Crippen molar-refractivity contribution in [2.45, 2.75) is 13.8 Å². The molecule has 1 rings (SSSR count). The standard InChI is InChI=1S/C7H10N4O2S/c1-3-5(14-4(2)9-3)6(12)10-11-7(8)13/h1-2H3,(H,10,12)(H3,8,11,13). The second-order valence-electron chi connectivity index (χ2n) is 2.59. The molecule has 3 amide bonds. The SMILES string of the molecule is Cc1nc(C)c(C(=O)NNC(N)=O)s1. The van der Waals surface area contributed by atoms with Gasteiger partial charge in [-0.3, -0.25) is 10.2 Å². The summed E-state index contributed by atoms with van der Waals surface area (Å²) in [6.07, 6.45) is 0. The van der Waals surface area contributed by atoms with E-state index < -0.39 is 11.9 Å². The van der Waals surface area contributed by atoms with E-state index in [4.69, 9.17) is 5.73 Å². The highest BCUT2D eigenvalue weighted by molar-refractivity contribution is 7.13. The second kappa shape index (κ2) is 4.05. The van der Waals surface area contributed by atoms with Crippen LogP contribution in [0.15, 0.2) is 0 Å². The first-order chi connectivity index (χ1) is 6.50. The molecule has 0 saturated carbocycles. The van der Waals surface area contributed by atoms with Crippen molar-refractivity contribution < 1.29 is 9.59 Å². The Morgan fingerprint density at radius 3 is 2.43 bits per heavy atom. The van der Waals surface area contributed by atoms with Crippen LogP contribution in [0.1, 0.15) is 20.4 Å². The molecule has 1 heterocycles. The molecule has 0 radical (unpaired) electrons. The van der Waals surface area contributed by atoms with Crippen molar-refractivity contribution in [2.24, 2.45) is 5.73 Å². The quantitative estimate of drug-likeness (QED) is 0.577. The van der Waals surface area contributed by atoms with Crippen molar-refractivity contribution >= 4 is 23.3 Å². The van der Waals surface area contributed by atoms with Crippen molar-refractivity contribution in [3.05, 3.63) is 15.6 Å². The number of urea groups is 1. The minimum Gasteiger partial charge on any atom is -0.350 e. The van der Waals surface area contributed by atoms with E-state index in [9.17, 15) is 9.59 Å². The monoisotopic (exact) mass is 214 g/mol. The molecular formula is C7H10N4O2S. The normalized spacial score (nSPS) is 9.57. The minimum absolute atomic E-state index is 0.410. The predicted octanol–water partition coefficient (Wildman–Crippen LogP) is 0.0730. The Morgan fingerprint density at radius 1 is 1.36 bits per heavy atom. The predicted molar refractivity (Wildman–Crippen MR) is 51.8 cm³/mol. The van der Waals surface area contributed by atoms with Gasteiger partial charge >= 0.3 is 6.03 Å². The molecule has 0 aromatic carbocycles. The number of nitrogens with one attached hydrogen (secondary N) is 2. The van der Waals surface area contributed by atoms with Crippen molar-refractivity contribution in [3.63, 3.8) is 0 Å². The topological polar surface area (TPSA) is 97.1 Å². The third-order valence-electron chi connectivity index (χ3n) is 1.41. The molecule has 0 bridgehead atoms. The number of carbonyl (C=O) groups is 2. The van der Waals surface area contributed by atoms with Crippen LogP contribution >= 0.6 is 11.3 Å². The maximum Gasteiger partial charge on any atom is 0.330 e. The Balaban J connectivity index is 2.69. The van der Waals surface area contributed by atoms with Gasteiger partial charge in [0.2, 0.25) is 0 Å². The van der Waals surface area contributed by atoms with Crippen molar-refractivity contribution in [3.8, 4) is 0 Å². The second-order valence-corrected chi connectivity index (χ2v) is 3.79. The number of nitrogens with two attached hydrogens (primary N) is 1. The van der Waals surface area contributed by atoms with Crippen molar-refractivity contribution in [1.82, 2.24) is 15.8 Å². The molecule has 0 aliphatic rings. The van der Waals surface area contributed by atoms with Gasteiger partial charge < -0.3 is 5.73 Å². The summed E-state index contributed by atoms with van der Waals surface area (Å²) in [7, 11) is 0. The van der Waals surface area contributed by atoms with E-state index in [1.807, 2.05) is 5.43 Å². The van der Waals surface area contributed by atoms with Crippen LogP contribution in [0, 0.1) is 13.8 Å². The summed E-state index contributed by atoms with van der Waals surface area (Å²) in [5.41, 5.74) is 9.58. The lowest BCUT2D eigenvalue weighted by molar-refractivity contribution is 0.0940. The lowest BCUT2D eigenvalue weighted by atomic mass is 10.4. The minimum atomic E-state index is -0.808. The fourth-order valence-electron chi connectivity index (χ4n) is 0.917. The maximum absolute atomic E-state index is 11.4. The molecule has 76 valence electrons. The molecule has 1 aromatic heterocycles. The smallest absolute Gasteiger partial charge is 0.330 e. The number of nitrogens with zero attached hydrogens (tertiary/aromatic N) is 1. The molecule has 0 fully saturated rings. The van der Waals surface area contributed by atoms with Gasteiger partial charge in [0.25, 0.3) is 5.91 Å². The van der Waals surface area contributed by atoms with E-state index in [0.717, 1.165) is 5.01 Å². The molecule has 0 unspecified atom stereocenters. The zero-order valence-corrected chi connectivity index (χ0v) is 8.57. The molecule has 0 saturated heterocycles. The van der Waals surface area contributed by atoms with Crippen LogP contribution in [0.3, 0.4) is 0 Å². The van der Waals surface area contributed by atoms with Gasteiger partial charge in [0, 0.05) is 0 Å². The highest BCUT2D eigenvalue weighted by Crippen LogP contribution is 2.16. The summed E-state index contributed by atoms with van der Waals surface area (Å²) in [4.78, 5) is 26.2. The number of aryl methyl sites for hydroxylation is 2. The third kappa shape index (κ3) is 2.43. The van der Waals surface area contributed by atoms with E-state index in [1.165, 1.54) is 11.3 Å². The average molecular weight is 214 g/mol. The van der Waals surface area contributed by atoms with Crippen LogP contribution in [0.5, 0.6) is 0 Å². The maximum atomic E-state index is 11.4. The van der Waals surface area contributed by atoms with Crippen molar-refractivity contribution in [1.29, 1.82) is 0 Å². The van der Waals surface area contributed by atoms with E-state index in [1.54, 1.807) is 13.8 Å². The third-order valence-corrected chi connectivity index (χ3v) is 2.48. The van der Waals surface area contributed by atoms with Crippen LogP contribution in [0.4, 0.5) is 4.79 Å². The zero-order valence-electron chi connectivity index (χ0n) is 7.75. The fraction of sp³-hybridized carbons (Fsp3) is 0.286. The molecule has 0 spiro atoms. The number of thiazole rings is 1. The van der Waals surface area contributed by atoms with Gasteiger partial charge in [-0.25, -0.2) is 15.2 Å². The summed E-state index contributed by atoms with van der Waals surface area (Å²) >= 11 is 1.26. The summed E-state index contributed by atoms with van der Waals surface area (Å²) in [6.45, 7) is 3.53. The molecule has 0 aliphatic carbocycles. The molecule has 6 nitrogen and oxygen atoms in total. The van der Waals surface area contributed by atoms with Gasteiger partial charge in [0.15, 0.2) is 0 Å². The highest BCUT2D eigenvalue weighted by Gasteiger charge is 2.13. The molecule has 0 atom stereocenters. The van der Waals surface area contributed by atoms with Crippen LogP contribution in [-0.4, -0.2) is 16.9 Å². The first kappa shape index (κ1) is 10.5. The van der Waals surface area contributed by atoms with Crippen LogP contribution in [-0.2, 0) is 0 Å². The summed E-state index contributed by atoms with van der Waals surface area (Å²) in [5, 5.41) is 0.798.